The topological polar surface area (TPSA) is 211 Å². The highest BCUT2D eigenvalue weighted by atomic mass is 16.6. The smallest absolute Gasteiger partial charge is 0.303 e. The third-order valence-electron chi connectivity index (χ3n) is 41.6. The molecule has 13 saturated carbocycles. The Bertz CT molecular complexity index is 4530. The molecule has 0 spiro atoms. The molecule has 0 aromatic rings. The predicted molar refractivity (Wildman–Crippen MR) is 490 cm³/mol. The molecule has 0 aliphatic heterocycles. The fourth-order valence-electron chi connectivity index (χ4n) is 35.3. The molecule has 20 rings (SSSR count). The number of ether oxygens (including phenoxy) is 3. The Morgan fingerprint density at radius 3 is 1.25 bits per heavy atom. The highest BCUT2D eigenvalue weighted by molar-refractivity contribution is 5.99. The van der Waals surface area contributed by atoms with E-state index in [1.54, 1.807) is 12.5 Å². The predicted octanol–water partition coefficient (Wildman–Crippen LogP) is 23.5. The lowest BCUT2D eigenvalue weighted by atomic mass is 9.47. The summed E-state index contributed by atoms with van der Waals surface area (Å²) in [6, 6.07) is 0. The van der Waals surface area contributed by atoms with Crippen LogP contribution in [0.2, 0.25) is 0 Å². The third-order valence-corrected chi connectivity index (χ3v) is 41.6. The molecule has 13 nitrogen and oxygen atoms in total. The summed E-state index contributed by atoms with van der Waals surface area (Å²) in [6.45, 7) is 38.6. The number of aliphatic hydroxyl groups excluding tert-OH is 4. The van der Waals surface area contributed by atoms with Crippen molar-refractivity contribution in [3.63, 3.8) is 0 Å². The van der Waals surface area contributed by atoms with Crippen molar-refractivity contribution in [2.75, 3.05) is 0 Å². The summed E-state index contributed by atoms with van der Waals surface area (Å²) in [5.74, 6) is 10.5. The second-order valence-electron chi connectivity index (χ2n) is 46.9. The van der Waals surface area contributed by atoms with Gasteiger partial charge in [-0.1, -0.05) is 152 Å². The van der Waals surface area contributed by atoms with Crippen molar-refractivity contribution < 1.29 is 63.4 Å². The molecule has 682 valence electrons. The maximum atomic E-state index is 12.5. The molecule has 124 heavy (non-hydrogen) atoms. The second-order valence-corrected chi connectivity index (χ2v) is 46.9. The fourth-order valence-corrected chi connectivity index (χ4v) is 35.3. The van der Waals surface area contributed by atoms with Crippen LogP contribution in [-0.4, -0.2) is 98.4 Å². The number of Topliss-reactive ketones (excluding diaryl/α,β-unsaturated/α-hetero) is 2. The zero-order valence-corrected chi connectivity index (χ0v) is 79.7. The first-order valence-electron chi connectivity index (χ1n) is 50.3. The van der Waals surface area contributed by atoms with Crippen molar-refractivity contribution in [2.24, 2.45) is 143 Å². The minimum Gasteiger partial charge on any atom is -0.462 e. The summed E-state index contributed by atoms with van der Waals surface area (Å²) < 4.78 is 16.8. The van der Waals surface area contributed by atoms with Gasteiger partial charge in [-0.15, -0.1) is 0 Å². The number of fused-ring (bicyclic) bond motifs is 25. The van der Waals surface area contributed by atoms with Gasteiger partial charge in [-0.25, -0.2) is 0 Å². The molecule has 0 aromatic carbocycles. The Morgan fingerprint density at radius 2 is 0.782 bits per heavy atom. The third kappa shape index (κ3) is 15.3. The molecule has 0 heterocycles. The number of aliphatic hydroxyl groups is 4. The van der Waals surface area contributed by atoms with Crippen LogP contribution in [0.25, 0.3) is 0 Å². The summed E-state index contributed by atoms with van der Waals surface area (Å²) in [5, 5.41) is 40.9. The van der Waals surface area contributed by atoms with Crippen molar-refractivity contribution in [1.82, 2.24) is 0 Å². The molecule has 0 saturated heterocycles. The average molecular weight is 1700 g/mol. The van der Waals surface area contributed by atoms with Gasteiger partial charge in [-0.05, 0) is 411 Å². The van der Waals surface area contributed by atoms with Gasteiger partial charge in [-0.3, -0.25) is 28.8 Å². The van der Waals surface area contributed by atoms with Gasteiger partial charge >= 0.3 is 17.9 Å². The molecule has 0 aromatic heterocycles. The van der Waals surface area contributed by atoms with Gasteiger partial charge in [0.25, 0.3) is 0 Å². The van der Waals surface area contributed by atoms with E-state index in [0.717, 1.165) is 183 Å². The number of esters is 3. The Hall–Kier alpha value is -5.34. The van der Waals surface area contributed by atoms with Crippen LogP contribution in [0.4, 0.5) is 0 Å². The zero-order valence-electron chi connectivity index (χ0n) is 79.7. The van der Waals surface area contributed by atoms with Gasteiger partial charge in [0.05, 0.1) is 24.4 Å². The van der Waals surface area contributed by atoms with Crippen LogP contribution in [0.1, 0.15) is 349 Å². The van der Waals surface area contributed by atoms with Crippen LogP contribution in [0.3, 0.4) is 0 Å². The van der Waals surface area contributed by atoms with E-state index in [9.17, 15) is 49.2 Å². The Balaban J connectivity index is 0.000000115. The average Bonchev–Trinajstić information content (AvgIpc) is 1.43. The zero-order chi connectivity index (χ0) is 88.9. The van der Waals surface area contributed by atoms with E-state index < -0.39 is 0 Å². The Morgan fingerprint density at radius 1 is 0.379 bits per heavy atom. The first kappa shape index (κ1) is 92.0. The summed E-state index contributed by atoms with van der Waals surface area (Å²) in [5.41, 5.74) is 15.7. The van der Waals surface area contributed by atoms with Crippen LogP contribution in [-0.2, 0) is 43.0 Å². The molecule has 20 aliphatic rings. The maximum Gasteiger partial charge on any atom is 0.303 e. The minimum atomic E-state index is -0.295. The monoisotopic (exact) mass is 1700 g/mol. The number of hydrogen-bond acceptors (Lipinski definition) is 13. The Labute approximate surface area is 745 Å². The maximum absolute atomic E-state index is 12.5. The number of ketones is 3. The molecule has 0 radical (unpaired) electrons. The number of rotatable bonds is 5. The van der Waals surface area contributed by atoms with Crippen LogP contribution in [0.5, 0.6) is 0 Å². The van der Waals surface area contributed by atoms with Gasteiger partial charge in [-0.2, -0.15) is 0 Å². The SMILES string of the molecule is C/C=C1\C(O)CC2C3CC=C4C[C@@H](O)CC[C@]4(C)C3CC[C@]12C.C/C=C1\C(OC(C)=O)CC2C3CC=C4C[C@@H](OC(C)=O)CC[C@]4(C)C3CC[C@]12C.CC(=O)O[C@H]1CC[C@@]2(C)C(=CCC3C2CC[C@]2(C)C(C(C)=O)=CCC32)C1.CC(O)C1=CCC2C3CC=C4C[C@@H](O)CC[C@]4(C)C3CC[C@]12C.CC=C1C(=O)CC2C3CCC4=CC(=O)CC[C@]4(C)C3CC[C@]12C. The standard InChI is InChI=1S/C25H36O4.C23H32O3.2C21H32O2.C21H28O2/c1-6-20-23(29-16(3)27)14-22-19-8-7-17-13-18(28-15(2)26)9-11-24(17,4)21(19)10-12-25(20,22)5;1-14(24)19-7-8-20-18-6-5-16-13-17(26-15(2)25)9-11-22(16,3)21(18)10-12-23(19,20)4;1-13(22)17-6-7-18-16-5-4-14-12-15(23)8-10-20(14,2)19(16)9-11-21(17,18)3;2*1-4-16-19(23)12-18-15-6-5-13-11-14(22)7-9-20(13,2)17(15)8-10-21(16,18)3/h6-7,18-19,21-23H,8-14H2,1-5H3;5,7,17-18,20-21H,6,8-13H2,1-4H3;4,6,13,15-16,18-19,22-23H,5,7-12H2,1-3H3;4-5,14-15,17-19,22-23H,6-12H2,1-3H3;4,11,15,17-18H,5-10,12H2,1-3H3/b20-6+;;;16-4+;/t18-,19?,21?,22?,23?,24-,25+;17-,18?,20?,21?,22-,23+;13?,15-,16?,18?,19?,20-,21+;14-,15?,17?,18?,19?,20-,21+;15?,17?,18?,20-,21+/m00000/s1. The molecule has 32 atom stereocenters. The van der Waals surface area contributed by atoms with Gasteiger partial charge in [0.2, 0.25) is 0 Å². The van der Waals surface area contributed by atoms with Crippen molar-refractivity contribution >= 4 is 35.3 Å². The minimum absolute atomic E-state index is 0.0479. The normalized spacial score (nSPS) is 48.0. The van der Waals surface area contributed by atoms with E-state index in [0.29, 0.717) is 99.8 Å². The molecule has 13 fully saturated rings. The lowest BCUT2D eigenvalue weighted by Crippen LogP contribution is -2.50. The van der Waals surface area contributed by atoms with E-state index >= 15 is 0 Å². The van der Waals surface area contributed by atoms with Crippen LogP contribution in [0, 0.1) is 143 Å². The van der Waals surface area contributed by atoms with Crippen molar-refractivity contribution in [1.29, 1.82) is 0 Å². The number of allylic oxidation sites excluding steroid dienone is 12. The molecule has 4 N–H and O–H groups in total. The van der Waals surface area contributed by atoms with Gasteiger partial charge in [0.1, 0.15) is 18.3 Å². The van der Waals surface area contributed by atoms with Crippen LogP contribution >= 0.6 is 0 Å². The largest absolute Gasteiger partial charge is 0.462 e. The lowest BCUT2D eigenvalue weighted by molar-refractivity contribution is -0.149. The van der Waals surface area contributed by atoms with E-state index in [4.69, 9.17) is 14.2 Å². The van der Waals surface area contributed by atoms with E-state index in [1.807, 2.05) is 19.9 Å². The summed E-state index contributed by atoms with van der Waals surface area (Å²) in [4.78, 5) is 71.0. The summed E-state index contributed by atoms with van der Waals surface area (Å²) in [6.07, 6.45) is 59.8. The molecule has 0 bridgehead atoms. The molecular weight excluding hydrogens is 1540 g/mol. The highest BCUT2D eigenvalue weighted by Crippen LogP contribution is 2.73. The van der Waals surface area contributed by atoms with Crippen LogP contribution in [0.15, 0.2) is 116 Å². The Kier molecular flexibility index (Phi) is 25.3. The fraction of sp³-hybridized carbons (Fsp3) is 0.766. The second kappa shape index (κ2) is 34.1. The highest BCUT2D eigenvalue weighted by Gasteiger charge is 2.66. The van der Waals surface area contributed by atoms with Gasteiger partial charge in [0, 0.05) is 46.5 Å². The number of carbonyl (C=O) groups excluding carboxylic acids is 6. The number of carbonyl (C=O) groups is 6. The molecule has 18 unspecified atom stereocenters. The van der Waals surface area contributed by atoms with Crippen molar-refractivity contribution in [2.45, 2.75) is 392 Å². The number of hydrogen-bond donors (Lipinski definition) is 4. The lowest BCUT2D eigenvalue weighted by Gasteiger charge is -2.58. The molecular formula is C111H160O13. The van der Waals surface area contributed by atoms with Gasteiger partial charge < -0.3 is 34.6 Å². The first-order valence-corrected chi connectivity index (χ1v) is 50.3. The van der Waals surface area contributed by atoms with E-state index in [-0.39, 0.29) is 110 Å². The quantitative estimate of drug-likeness (QED) is 0.0875. The summed E-state index contributed by atoms with van der Waals surface area (Å²) in [7, 11) is 0. The molecule has 20 aliphatic carbocycles. The van der Waals surface area contributed by atoms with Gasteiger partial charge in [0.15, 0.2) is 17.3 Å². The van der Waals surface area contributed by atoms with E-state index in [1.165, 1.54) is 124 Å². The van der Waals surface area contributed by atoms with Crippen molar-refractivity contribution in [3.8, 4) is 0 Å². The molecule has 0 amide bonds. The summed E-state index contributed by atoms with van der Waals surface area (Å²) >= 11 is 0. The van der Waals surface area contributed by atoms with Crippen LogP contribution < -0.4 is 0 Å². The van der Waals surface area contributed by atoms with Crippen molar-refractivity contribution in [3.05, 3.63) is 116 Å². The van der Waals surface area contributed by atoms with E-state index in [2.05, 4.69) is 138 Å². The molecule has 13 heteroatoms. The first-order chi connectivity index (χ1) is 58.6.